The zero-order valence-electron chi connectivity index (χ0n) is 6.83. The van der Waals surface area contributed by atoms with Crippen LogP contribution < -0.4 is 0 Å². The Morgan fingerprint density at radius 2 is 1.64 bits per heavy atom. The molecule has 0 saturated carbocycles. The molecule has 0 amide bonds. The quantitative estimate of drug-likeness (QED) is 0.490. The first-order chi connectivity index (χ1) is 6.47. The van der Waals surface area contributed by atoms with Gasteiger partial charge in [-0.05, 0) is 12.1 Å². The number of halogens is 4. The molecule has 0 aliphatic heterocycles. The van der Waals surface area contributed by atoms with Crippen LogP contribution in [0.15, 0.2) is 29.8 Å². The normalized spacial score (nSPS) is 10.9. The summed E-state index contributed by atoms with van der Waals surface area (Å²) in [6.45, 7) is 0. The third-order valence-corrected chi connectivity index (χ3v) is 2.05. The fourth-order valence-electron chi connectivity index (χ4n) is 0.803. The number of hydrogen-bond donors (Lipinski definition) is 0. The number of rotatable bonds is 0. The summed E-state index contributed by atoms with van der Waals surface area (Å²) in [7, 11) is -6.00. The molecule has 76 valence electrons. The van der Waals surface area contributed by atoms with Gasteiger partial charge in [0.15, 0.2) is 0 Å². The SMILES string of the molecule is F[B-](F)(F)F.c1ccc2scnc2c1. The predicted molar refractivity (Wildman–Crippen MR) is 49.8 cm³/mol. The number of hydrogen-bond acceptors (Lipinski definition) is 2. The molecule has 0 radical (unpaired) electrons. The summed E-state index contributed by atoms with van der Waals surface area (Å²) in [4.78, 5) is 4.14. The molecular weight excluding hydrogens is 217 g/mol. The summed E-state index contributed by atoms with van der Waals surface area (Å²) in [5.41, 5.74) is 2.97. The first kappa shape index (κ1) is 11.0. The van der Waals surface area contributed by atoms with E-state index in [4.69, 9.17) is 0 Å². The Morgan fingerprint density at radius 3 is 2.21 bits per heavy atom. The van der Waals surface area contributed by atoms with E-state index in [1.54, 1.807) is 11.3 Å². The van der Waals surface area contributed by atoms with E-state index in [1.807, 2.05) is 23.7 Å². The molecule has 2 aromatic rings. The number of benzene rings is 1. The molecule has 0 N–H and O–H groups in total. The van der Waals surface area contributed by atoms with Crippen molar-refractivity contribution in [2.45, 2.75) is 0 Å². The van der Waals surface area contributed by atoms with Crippen LogP contribution in [0, 0.1) is 0 Å². The van der Waals surface area contributed by atoms with Crippen LogP contribution in [0.1, 0.15) is 0 Å². The van der Waals surface area contributed by atoms with Crippen LogP contribution >= 0.6 is 11.3 Å². The highest BCUT2D eigenvalue weighted by Crippen LogP contribution is 2.15. The van der Waals surface area contributed by atoms with Gasteiger partial charge >= 0.3 is 7.25 Å². The molecular formula is C7H5BF4NS-. The third kappa shape index (κ3) is 4.22. The standard InChI is InChI=1S/C7H5NS.BF4/c1-2-4-7-6(3-1)8-5-9-7;2-1(3,4)5/h1-5H;/q;-1. The predicted octanol–water partition coefficient (Wildman–Crippen LogP) is 3.60. The second-order valence-electron chi connectivity index (χ2n) is 2.31. The Bertz CT molecular complexity index is 363. The van der Waals surface area contributed by atoms with Crippen molar-refractivity contribution >= 4 is 28.8 Å². The van der Waals surface area contributed by atoms with Gasteiger partial charge < -0.3 is 17.3 Å². The van der Waals surface area contributed by atoms with Crippen molar-refractivity contribution in [1.82, 2.24) is 4.98 Å². The van der Waals surface area contributed by atoms with Gasteiger partial charge in [0, 0.05) is 0 Å². The maximum absolute atomic E-state index is 9.75. The lowest BCUT2D eigenvalue weighted by atomic mass is 10.3. The monoisotopic (exact) mass is 222 g/mol. The van der Waals surface area contributed by atoms with Gasteiger partial charge in [-0.25, -0.2) is 4.98 Å². The zero-order valence-corrected chi connectivity index (χ0v) is 7.65. The van der Waals surface area contributed by atoms with Crippen molar-refractivity contribution in [2.75, 3.05) is 0 Å². The second kappa shape index (κ2) is 4.41. The number of fused-ring (bicyclic) bond motifs is 1. The summed E-state index contributed by atoms with van der Waals surface area (Å²) in [5.74, 6) is 0. The molecule has 0 spiro atoms. The van der Waals surface area contributed by atoms with Gasteiger partial charge in [-0.3, -0.25) is 0 Å². The van der Waals surface area contributed by atoms with Gasteiger partial charge in [0.05, 0.1) is 15.7 Å². The number of nitrogens with zero attached hydrogens (tertiary/aromatic N) is 1. The second-order valence-corrected chi connectivity index (χ2v) is 3.20. The van der Waals surface area contributed by atoms with Gasteiger partial charge in [-0.15, -0.1) is 11.3 Å². The molecule has 14 heavy (non-hydrogen) atoms. The number of aromatic nitrogens is 1. The molecule has 0 saturated heterocycles. The van der Waals surface area contributed by atoms with Crippen molar-refractivity contribution < 1.29 is 17.3 Å². The fraction of sp³-hybridized carbons (Fsp3) is 0. The van der Waals surface area contributed by atoms with Gasteiger partial charge in [0.2, 0.25) is 0 Å². The van der Waals surface area contributed by atoms with E-state index in [0.29, 0.717) is 0 Å². The summed E-state index contributed by atoms with van der Waals surface area (Å²) in [5, 5.41) is 0. The van der Waals surface area contributed by atoms with Crippen LogP contribution in [-0.4, -0.2) is 12.2 Å². The molecule has 1 aromatic heterocycles. The van der Waals surface area contributed by atoms with Crippen LogP contribution in [0.25, 0.3) is 10.2 Å². The van der Waals surface area contributed by atoms with E-state index in [9.17, 15) is 17.3 Å². The van der Waals surface area contributed by atoms with Crippen LogP contribution in [0.2, 0.25) is 0 Å². The average molecular weight is 222 g/mol. The van der Waals surface area contributed by atoms with Crippen molar-refractivity contribution in [2.24, 2.45) is 0 Å². The molecule has 1 aromatic carbocycles. The van der Waals surface area contributed by atoms with Gasteiger partial charge in [0.25, 0.3) is 0 Å². The summed E-state index contributed by atoms with van der Waals surface area (Å²) >= 11 is 1.68. The summed E-state index contributed by atoms with van der Waals surface area (Å²) in [6.07, 6.45) is 0. The van der Waals surface area contributed by atoms with Crippen molar-refractivity contribution in [3.05, 3.63) is 29.8 Å². The topological polar surface area (TPSA) is 12.9 Å². The third-order valence-electron chi connectivity index (χ3n) is 1.24. The van der Waals surface area contributed by atoms with Crippen LogP contribution in [0.4, 0.5) is 17.3 Å². The van der Waals surface area contributed by atoms with Crippen LogP contribution in [0.3, 0.4) is 0 Å². The van der Waals surface area contributed by atoms with E-state index < -0.39 is 7.25 Å². The molecule has 0 bridgehead atoms. The first-order valence-electron chi connectivity index (χ1n) is 3.62. The van der Waals surface area contributed by atoms with Gasteiger partial charge in [0.1, 0.15) is 0 Å². The van der Waals surface area contributed by atoms with E-state index in [0.717, 1.165) is 5.52 Å². The Morgan fingerprint density at radius 1 is 1.07 bits per heavy atom. The van der Waals surface area contributed by atoms with Crippen LogP contribution in [0.5, 0.6) is 0 Å². The maximum Gasteiger partial charge on any atom is 0.673 e. The van der Waals surface area contributed by atoms with Gasteiger partial charge in [-0.1, -0.05) is 12.1 Å². The molecule has 0 aliphatic carbocycles. The largest absolute Gasteiger partial charge is 0.673 e. The smallest absolute Gasteiger partial charge is 0.418 e. The van der Waals surface area contributed by atoms with Crippen molar-refractivity contribution in [3.63, 3.8) is 0 Å². The fourth-order valence-corrected chi connectivity index (χ4v) is 1.48. The number of para-hydroxylation sites is 1. The lowest BCUT2D eigenvalue weighted by molar-refractivity contribution is 0.368. The highest BCUT2D eigenvalue weighted by atomic mass is 32.1. The highest BCUT2D eigenvalue weighted by molar-refractivity contribution is 7.16. The summed E-state index contributed by atoms with van der Waals surface area (Å²) in [6, 6.07) is 8.13. The van der Waals surface area contributed by atoms with E-state index in [1.165, 1.54) is 4.70 Å². The van der Waals surface area contributed by atoms with Crippen LogP contribution in [-0.2, 0) is 0 Å². The average Bonchev–Trinajstić information content (AvgIpc) is 2.47. The Balaban J connectivity index is 0.000000171. The molecule has 1 heterocycles. The zero-order chi connectivity index (χ0) is 10.6. The Kier molecular flexibility index (Phi) is 3.46. The van der Waals surface area contributed by atoms with Crippen molar-refractivity contribution in [3.8, 4) is 0 Å². The minimum absolute atomic E-state index is 1.10. The van der Waals surface area contributed by atoms with Crippen molar-refractivity contribution in [1.29, 1.82) is 0 Å². The minimum atomic E-state index is -6.00. The minimum Gasteiger partial charge on any atom is -0.418 e. The lowest BCUT2D eigenvalue weighted by Gasteiger charge is -1.94. The van der Waals surface area contributed by atoms with E-state index in [-0.39, 0.29) is 0 Å². The summed E-state index contributed by atoms with van der Waals surface area (Å²) < 4.78 is 40.3. The van der Waals surface area contributed by atoms with Gasteiger partial charge in [-0.2, -0.15) is 0 Å². The first-order valence-corrected chi connectivity index (χ1v) is 4.50. The van der Waals surface area contributed by atoms with E-state index >= 15 is 0 Å². The molecule has 0 aliphatic rings. The molecule has 7 heteroatoms. The van der Waals surface area contributed by atoms with E-state index in [2.05, 4.69) is 11.1 Å². The molecule has 0 atom stereocenters. The molecule has 0 unspecified atom stereocenters. The molecule has 0 fully saturated rings. The number of thiazole rings is 1. The maximum atomic E-state index is 9.75. The highest BCUT2D eigenvalue weighted by Gasteiger charge is 2.20. The Hall–Kier alpha value is -1.11. The molecule has 1 nitrogen and oxygen atoms in total. The molecule has 2 rings (SSSR count). The lowest BCUT2D eigenvalue weighted by Crippen LogP contribution is -2.02. The Labute approximate surface area is 81.5 Å².